The second kappa shape index (κ2) is 5.98. The van der Waals surface area contributed by atoms with E-state index in [1.807, 2.05) is 29.7 Å². The standard InChI is InChI=1S/C17H14N4O2S2/c1-12-11-24-17-19-16(10-21(12)17)13-4-6-14(7-5-13)20-25(22,23)15-3-2-8-18-9-15/h2-11,20H,1H3. The molecular weight excluding hydrogens is 356 g/mol. The molecule has 0 saturated heterocycles. The normalized spacial score (nSPS) is 11.7. The molecule has 4 rings (SSSR count). The largest absolute Gasteiger partial charge is 0.294 e. The van der Waals surface area contributed by atoms with Crippen molar-refractivity contribution in [2.24, 2.45) is 0 Å². The molecule has 3 heterocycles. The minimum absolute atomic E-state index is 0.129. The van der Waals surface area contributed by atoms with Crippen molar-refractivity contribution in [3.8, 4) is 11.3 Å². The molecule has 0 aliphatic carbocycles. The maximum Gasteiger partial charge on any atom is 0.263 e. The topological polar surface area (TPSA) is 76.4 Å². The molecule has 0 fully saturated rings. The Labute approximate surface area is 148 Å². The molecule has 4 aromatic rings. The minimum Gasteiger partial charge on any atom is -0.294 e. The number of anilines is 1. The fourth-order valence-corrected chi connectivity index (χ4v) is 4.33. The van der Waals surface area contributed by atoms with E-state index in [0.29, 0.717) is 5.69 Å². The highest BCUT2D eigenvalue weighted by Crippen LogP contribution is 2.25. The lowest BCUT2D eigenvalue weighted by molar-refractivity contribution is 0.601. The van der Waals surface area contributed by atoms with Crippen LogP contribution in [0.1, 0.15) is 5.69 Å². The second-order valence-corrected chi connectivity index (χ2v) is 8.05. The van der Waals surface area contributed by atoms with Crippen molar-refractivity contribution in [1.29, 1.82) is 0 Å². The lowest BCUT2D eigenvalue weighted by atomic mass is 10.1. The van der Waals surface area contributed by atoms with Crippen LogP contribution in [-0.4, -0.2) is 22.8 Å². The summed E-state index contributed by atoms with van der Waals surface area (Å²) >= 11 is 1.59. The monoisotopic (exact) mass is 370 g/mol. The van der Waals surface area contributed by atoms with Gasteiger partial charge in [-0.15, -0.1) is 11.3 Å². The fourth-order valence-electron chi connectivity index (χ4n) is 2.46. The molecule has 0 spiro atoms. The summed E-state index contributed by atoms with van der Waals surface area (Å²) in [6.45, 7) is 2.03. The lowest BCUT2D eigenvalue weighted by Crippen LogP contribution is -2.12. The first-order valence-corrected chi connectivity index (χ1v) is 9.86. The van der Waals surface area contributed by atoms with Crippen LogP contribution >= 0.6 is 11.3 Å². The Hall–Kier alpha value is -2.71. The molecule has 1 N–H and O–H groups in total. The number of hydrogen-bond donors (Lipinski definition) is 1. The quantitative estimate of drug-likeness (QED) is 0.596. The molecule has 0 bridgehead atoms. The van der Waals surface area contributed by atoms with E-state index in [9.17, 15) is 8.42 Å². The lowest BCUT2D eigenvalue weighted by Gasteiger charge is -2.08. The first-order chi connectivity index (χ1) is 12.0. The molecule has 0 unspecified atom stereocenters. The van der Waals surface area contributed by atoms with E-state index in [-0.39, 0.29) is 4.90 Å². The average molecular weight is 370 g/mol. The number of pyridine rings is 1. The third kappa shape index (κ3) is 3.01. The van der Waals surface area contributed by atoms with Crippen LogP contribution in [0.4, 0.5) is 5.69 Å². The highest BCUT2D eigenvalue weighted by Gasteiger charge is 2.14. The van der Waals surface area contributed by atoms with E-state index in [0.717, 1.165) is 21.9 Å². The van der Waals surface area contributed by atoms with E-state index in [2.05, 4.69) is 20.1 Å². The number of fused-ring (bicyclic) bond motifs is 1. The number of aryl methyl sites for hydroxylation is 1. The van der Waals surface area contributed by atoms with E-state index < -0.39 is 10.0 Å². The third-order valence-electron chi connectivity index (χ3n) is 3.77. The number of imidazole rings is 1. The first-order valence-electron chi connectivity index (χ1n) is 7.49. The number of nitrogens with one attached hydrogen (secondary N) is 1. The van der Waals surface area contributed by atoms with Crippen molar-refractivity contribution in [2.75, 3.05) is 4.72 Å². The van der Waals surface area contributed by atoms with Crippen LogP contribution in [-0.2, 0) is 10.0 Å². The third-order valence-corrected chi connectivity index (χ3v) is 6.09. The van der Waals surface area contributed by atoms with Gasteiger partial charge in [0.1, 0.15) is 4.90 Å². The summed E-state index contributed by atoms with van der Waals surface area (Å²) < 4.78 is 29.2. The van der Waals surface area contributed by atoms with Gasteiger partial charge in [-0.2, -0.15) is 0 Å². The van der Waals surface area contributed by atoms with Crippen molar-refractivity contribution in [1.82, 2.24) is 14.4 Å². The molecule has 8 heteroatoms. The number of benzene rings is 1. The SMILES string of the molecule is Cc1csc2nc(-c3ccc(NS(=O)(=O)c4cccnc4)cc3)cn12. The number of sulfonamides is 1. The van der Waals surface area contributed by atoms with Gasteiger partial charge in [0.05, 0.1) is 5.69 Å². The highest BCUT2D eigenvalue weighted by molar-refractivity contribution is 7.92. The molecule has 0 radical (unpaired) electrons. The number of hydrogen-bond acceptors (Lipinski definition) is 5. The Morgan fingerprint density at radius 2 is 1.96 bits per heavy atom. The number of rotatable bonds is 4. The number of aromatic nitrogens is 3. The van der Waals surface area contributed by atoms with Crippen molar-refractivity contribution < 1.29 is 8.42 Å². The molecule has 126 valence electrons. The van der Waals surface area contributed by atoms with Crippen LogP contribution in [0.15, 0.2) is 65.3 Å². The number of thiazole rings is 1. The molecule has 0 aliphatic heterocycles. The van der Waals surface area contributed by atoms with Gasteiger partial charge in [-0.3, -0.25) is 14.1 Å². The fraction of sp³-hybridized carbons (Fsp3) is 0.0588. The highest BCUT2D eigenvalue weighted by atomic mass is 32.2. The Morgan fingerprint density at radius 1 is 1.16 bits per heavy atom. The maximum absolute atomic E-state index is 12.3. The molecule has 3 aromatic heterocycles. The maximum atomic E-state index is 12.3. The van der Waals surface area contributed by atoms with Gasteiger partial charge < -0.3 is 0 Å². The summed E-state index contributed by atoms with van der Waals surface area (Å²) in [6.07, 6.45) is 4.83. The molecule has 1 aromatic carbocycles. The van der Waals surface area contributed by atoms with E-state index in [4.69, 9.17) is 0 Å². The Balaban J connectivity index is 1.59. The zero-order valence-corrected chi connectivity index (χ0v) is 14.9. The Morgan fingerprint density at radius 3 is 2.64 bits per heavy atom. The summed E-state index contributed by atoms with van der Waals surface area (Å²) in [4.78, 5) is 9.50. The predicted octanol–water partition coefficient (Wildman–Crippen LogP) is 3.57. The van der Waals surface area contributed by atoms with E-state index >= 15 is 0 Å². The molecule has 0 atom stereocenters. The van der Waals surface area contributed by atoms with Gasteiger partial charge in [0.25, 0.3) is 10.0 Å². The first kappa shape index (κ1) is 15.8. The van der Waals surface area contributed by atoms with Gasteiger partial charge in [0.15, 0.2) is 4.96 Å². The summed E-state index contributed by atoms with van der Waals surface area (Å²) in [5.41, 5.74) is 3.42. The van der Waals surface area contributed by atoms with Gasteiger partial charge >= 0.3 is 0 Å². The van der Waals surface area contributed by atoms with Gasteiger partial charge in [-0.25, -0.2) is 13.4 Å². The summed E-state index contributed by atoms with van der Waals surface area (Å²) in [5.74, 6) is 0. The predicted molar refractivity (Wildman–Crippen MR) is 98.3 cm³/mol. The van der Waals surface area contributed by atoms with Crippen molar-refractivity contribution >= 4 is 32.0 Å². The van der Waals surface area contributed by atoms with Crippen LogP contribution in [0.2, 0.25) is 0 Å². The Kier molecular flexibility index (Phi) is 3.78. The number of nitrogens with zero attached hydrogens (tertiary/aromatic N) is 3. The van der Waals surface area contributed by atoms with Gasteiger partial charge in [0.2, 0.25) is 0 Å². The zero-order valence-electron chi connectivity index (χ0n) is 13.2. The van der Waals surface area contributed by atoms with Gasteiger partial charge in [0, 0.05) is 40.9 Å². The van der Waals surface area contributed by atoms with Gasteiger partial charge in [-0.1, -0.05) is 12.1 Å². The average Bonchev–Trinajstić information content (AvgIpc) is 3.18. The van der Waals surface area contributed by atoms with Crippen LogP contribution in [0.3, 0.4) is 0 Å². The van der Waals surface area contributed by atoms with Gasteiger partial charge in [-0.05, 0) is 31.2 Å². The Bertz CT molecular complexity index is 1130. The molecular formula is C17H14N4O2S2. The minimum atomic E-state index is -3.64. The molecule has 0 aliphatic rings. The van der Waals surface area contributed by atoms with Crippen LogP contribution in [0, 0.1) is 6.92 Å². The molecule has 0 amide bonds. The molecule has 25 heavy (non-hydrogen) atoms. The van der Waals surface area contributed by atoms with Crippen molar-refractivity contribution in [3.05, 3.63) is 66.1 Å². The second-order valence-electron chi connectivity index (χ2n) is 5.53. The van der Waals surface area contributed by atoms with E-state index in [1.165, 1.54) is 18.5 Å². The van der Waals surface area contributed by atoms with Crippen LogP contribution in [0.5, 0.6) is 0 Å². The zero-order chi connectivity index (χ0) is 17.4. The smallest absolute Gasteiger partial charge is 0.263 e. The van der Waals surface area contributed by atoms with Crippen LogP contribution in [0.25, 0.3) is 16.2 Å². The van der Waals surface area contributed by atoms with E-state index in [1.54, 1.807) is 29.5 Å². The van der Waals surface area contributed by atoms with Crippen molar-refractivity contribution in [2.45, 2.75) is 11.8 Å². The summed E-state index contributed by atoms with van der Waals surface area (Å²) in [6, 6.07) is 10.2. The molecule has 6 nitrogen and oxygen atoms in total. The summed E-state index contributed by atoms with van der Waals surface area (Å²) in [7, 11) is -3.64. The molecule has 0 saturated carbocycles. The van der Waals surface area contributed by atoms with Crippen LogP contribution < -0.4 is 4.72 Å². The van der Waals surface area contributed by atoms with Crippen molar-refractivity contribution in [3.63, 3.8) is 0 Å². The summed E-state index contributed by atoms with van der Waals surface area (Å²) in [5, 5.41) is 2.06.